The first-order valence-electron chi connectivity index (χ1n) is 9.09. The summed E-state index contributed by atoms with van der Waals surface area (Å²) in [6.07, 6.45) is 0. The molecule has 3 N–H and O–H groups in total. The fourth-order valence-corrected chi connectivity index (χ4v) is 2.65. The van der Waals surface area contributed by atoms with Gasteiger partial charge in [0, 0.05) is 11.3 Å². The molecule has 0 aliphatic heterocycles. The Hall–Kier alpha value is -3.15. The lowest BCUT2D eigenvalue weighted by Crippen LogP contribution is -2.32. The highest BCUT2D eigenvalue weighted by atomic mass is 16.4. The van der Waals surface area contributed by atoms with Gasteiger partial charge in [-0.3, -0.25) is 14.4 Å². The van der Waals surface area contributed by atoms with Crippen molar-refractivity contribution in [1.82, 2.24) is 5.32 Å². The van der Waals surface area contributed by atoms with Crippen molar-refractivity contribution in [2.75, 3.05) is 11.9 Å². The molecule has 2 rings (SSSR count). The second-order valence-corrected chi connectivity index (χ2v) is 7.74. The molecule has 0 spiro atoms. The molecule has 0 aromatic heterocycles. The Morgan fingerprint density at radius 1 is 0.964 bits per heavy atom. The van der Waals surface area contributed by atoms with E-state index < -0.39 is 18.4 Å². The maximum absolute atomic E-state index is 12.4. The van der Waals surface area contributed by atoms with Crippen molar-refractivity contribution in [2.45, 2.75) is 39.0 Å². The van der Waals surface area contributed by atoms with Crippen molar-refractivity contribution in [2.24, 2.45) is 0 Å². The van der Waals surface area contributed by atoms with Crippen LogP contribution in [-0.4, -0.2) is 29.4 Å². The van der Waals surface area contributed by atoms with Gasteiger partial charge in [-0.15, -0.1) is 0 Å². The Bertz CT molecular complexity index is 850. The van der Waals surface area contributed by atoms with Crippen molar-refractivity contribution < 1.29 is 19.5 Å². The number of hydrogen-bond donors (Lipinski definition) is 3. The minimum atomic E-state index is -1.09. The van der Waals surface area contributed by atoms with E-state index in [1.165, 1.54) is 0 Å². The normalized spacial score (nSPS) is 12.1. The summed E-state index contributed by atoms with van der Waals surface area (Å²) in [6, 6.07) is 14.4. The number of carboxylic acid groups (broad SMARTS) is 1. The number of anilines is 1. The Balaban J connectivity index is 2.00. The predicted molar refractivity (Wildman–Crippen MR) is 109 cm³/mol. The zero-order valence-corrected chi connectivity index (χ0v) is 16.6. The number of rotatable bonds is 6. The average molecular weight is 382 g/mol. The van der Waals surface area contributed by atoms with Crippen LogP contribution in [-0.2, 0) is 15.0 Å². The number of aliphatic carboxylic acids is 1. The Morgan fingerprint density at radius 3 is 2.04 bits per heavy atom. The van der Waals surface area contributed by atoms with Gasteiger partial charge in [0.2, 0.25) is 5.91 Å². The van der Waals surface area contributed by atoms with Crippen molar-refractivity contribution in [3.8, 4) is 0 Å². The van der Waals surface area contributed by atoms with Crippen molar-refractivity contribution in [3.05, 3.63) is 65.2 Å². The molecule has 2 aromatic carbocycles. The van der Waals surface area contributed by atoms with Gasteiger partial charge in [-0.2, -0.15) is 0 Å². The van der Waals surface area contributed by atoms with E-state index in [0.717, 1.165) is 11.1 Å². The molecule has 6 heteroatoms. The molecule has 1 unspecified atom stereocenters. The summed E-state index contributed by atoms with van der Waals surface area (Å²) in [5, 5.41) is 13.8. The van der Waals surface area contributed by atoms with E-state index in [4.69, 9.17) is 5.11 Å². The highest BCUT2D eigenvalue weighted by Crippen LogP contribution is 2.23. The highest BCUT2D eigenvalue weighted by Gasteiger charge is 2.17. The summed E-state index contributed by atoms with van der Waals surface area (Å²) in [6.45, 7) is 7.64. The SMILES string of the molecule is CC(C(=O)NCC(=O)O)c1ccc(NC(=O)c2ccc(C(C)(C)C)cc2)cc1. The third-order valence-corrected chi connectivity index (χ3v) is 4.49. The topological polar surface area (TPSA) is 95.5 Å². The first-order chi connectivity index (χ1) is 13.1. The lowest BCUT2D eigenvalue weighted by Gasteiger charge is -2.19. The van der Waals surface area contributed by atoms with Gasteiger partial charge in [-0.1, -0.05) is 45.0 Å². The van der Waals surface area contributed by atoms with Crippen LogP contribution in [0, 0.1) is 0 Å². The van der Waals surface area contributed by atoms with Crippen LogP contribution in [0.3, 0.4) is 0 Å². The molecule has 0 saturated carbocycles. The summed E-state index contributed by atoms with van der Waals surface area (Å²) in [5.74, 6) is -2.15. The minimum Gasteiger partial charge on any atom is -0.480 e. The zero-order chi connectivity index (χ0) is 20.9. The smallest absolute Gasteiger partial charge is 0.322 e. The number of amides is 2. The zero-order valence-electron chi connectivity index (χ0n) is 16.6. The van der Waals surface area contributed by atoms with Gasteiger partial charge in [-0.25, -0.2) is 0 Å². The van der Waals surface area contributed by atoms with E-state index in [9.17, 15) is 14.4 Å². The van der Waals surface area contributed by atoms with E-state index in [-0.39, 0.29) is 17.2 Å². The lowest BCUT2D eigenvalue weighted by atomic mass is 9.87. The molecule has 0 aliphatic carbocycles. The number of carbonyl (C=O) groups is 3. The van der Waals surface area contributed by atoms with Crippen LogP contribution in [0.1, 0.15) is 55.1 Å². The molecule has 0 bridgehead atoms. The average Bonchev–Trinajstić information content (AvgIpc) is 2.65. The molecule has 0 radical (unpaired) electrons. The molecule has 2 aromatic rings. The quantitative estimate of drug-likeness (QED) is 0.712. The molecule has 2 amide bonds. The third-order valence-electron chi connectivity index (χ3n) is 4.49. The Labute approximate surface area is 165 Å². The monoisotopic (exact) mass is 382 g/mol. The van der Waals surface area contributed by atoms with E-state index in [2.05, 4.69) is 31.4 Å². The van der Waals surface area contributed by atoms with Gasteiger partial charge < -0.3 is 15.7 Å². The van der Waals surface area contributed by atoms with Gasteiger partial charge in [-0.05, 0) is 47.7 Å². The Kier molecular flexibility index (Phi) is 6.57. The van der Waals surface area contributed by atoms with E-state index in [1.807, 2.05) is 12.1 Å². The maximum atomic E-state index is 12.4. The molecular formula is C22H26N2O4. The van der Waals surface area contributed by atoms with Crippen LogP contribution < -0.4 is 10.6 Å². The summed E-state index contributed by atoms with van der Waals surface area (Å²) >= 11 is 0. The molecule has 0 aliphatic rings. The van der Waals surface area contributed by atoms with Crippen LogP contribution in [0.25, 0.3) is 0 Å². The molecule has 28 heavy (non-hydrogen) atoms. The molecule has 0 heterocycles. The fourth-order valence-electron chi connectivity index (χ4n) is 2.65. The van der Waals surface area contributed by atoms with Crippen molar-refractivity contribution in [3.63, 3.8) is 0 Å². The number of benzene rings is 2. The van der Waals surface area contributed by atoms with Crippen LogP contribution in [0.15, 0.2) is 48.5 Å². The second-order valence-electron chi connectivity index (χ2n) is 7.74. The Morgan fingerprint density at radius 2 is 1.54 bits per heavy atom. The van der Waals surface area contributed by atoms with Gasteiger partial charge in [0.05, 0.1) is 5.92 Å². The molecular weight excluding hydrogens is 356 g/mol. The van der Waals surface area contributed by atoms with Gasteiger partial charge in [0.25, 0.3) is 5.91 Å². The van der Waals surface area contributed by atoms with Crippen molar-refractivity contribution >= 4 is 23.5 Å². The first-order valence-corrected chi connectivity index (χ1v) is 9.09. The van der Waals surface area contributed by atoms with E-state index in [1.54, 1.807) is 43.3 Å². The number of carbonyl (C=O) groups excluding carboxylic acids is 2. The van der Waals surface area contributed by atoms with Gasteiger partial charge in [0.1, 0.15) is 6.54 Å². The summed E-state index contributed by atoms with van der Waals surface area (Å²) in [4.78, 5) is 34.9. The molecule has 1 atom stereocenters. The number of nitrogens with one attached hydrogen (secondary N) is 2. The number of carboxylic acids is 1. The first kappa shape index (κ1) is 21.2. The van der Waals surface area contributed by atoms with Crippen LogP contribution in [0.2, 0.25) is 0 Å². The van der Waals surface area contributed by atoms with E-state index >= 15 is 0 Å². The van der Waals surface area contributed by atoms with Gasteiger partial charge in [0.15, 0.2) is 0 Å². The lowest BCUT2D eigenvalue weighted by molar-refractivity contribution is -0.138. The summed E-state index contributed by atoms with van der Waals surface area (Å²) < 4.78 is 0. The standard InChI is InChI=1S/C22H26N2O4/c1-14(20(27)23-13-19(25)26)15-7-11-18(12-8-15)24-21(28)16-5-9-17(10-6-16)22(2,3)4/h5-12,14H,13H2,1-4H3,(H,23,27)(H,24,28)(H,25,26). The predicted octanol–water partition coefficient (Wildman–Crippen LogP) is 3.54. The second kappa shape index (κ2) is 8.69. The number of hydrogen-bond acceptors (Lipinski definition) is 3. The van der Waals surface area contributed by atoms with Crippen molar-refractivity contribution in [1.29, 1.82) is 0 Å². The molecule has 148 valence electrons. The van der Waals surface area contributed by atoms with Crippen LogP contribution >= 0.6 is 0 Å². The maximum Gasteiger partial charge on any atom is 0.322 e. The largest absolute Gasteiger partial charge is 0.480 e. The minimum absolute atomic E-state index is 0.0261. The third kappa shape index (κ3) is 5.67. The van der Waals surface area contributed by atoms with Gasteiger partial charge >= 0.3 is 5.97 Å². The van der Waals surface area contributed by atoms with Crippen LogP contribution in [0.4, 0.5) is 5.69 Å². The molecule has 0 saturated heterocycles. The molecule has 0 fully saturated rings. The summed E-state index contributed by atoms with van der Waals surface area (Å²) in [5.41, 5.74) is 3.10. The molecule has 6 nitrogen and oxygen atoms in total. The van der Waals surface area contributed by atoms with Crippen LogP contribution in [0.5, 0.6) is 0 Å². The fraction of sp³-hybridized carbons (Fsp3) is 0.318. The highest BCUT2D eigenvalue weighted by molar-refractivity contribution is 6.04. The van der Waals surface area contributed by atoms with E-state index in [0.29, 0.717) is 11.3 Å². The summed E-state index contributed by atoms with van der Waals surface area (Å²) in [7, 11) is 0.